The molecule has 0 unspecified atom stereocenters. The van der Waals surface area contributed by atoms with Gasteiger partial charge < -0.3 is 16.2 Å². The predicted molar refractivity (Wildman–Crippen MR) is 99.0 cm³/mol. The standard InChI is InChI=1S/C18H16N2O5S/c1-10-5-6-11(9-14(10)19)18(22)20-17-13-3-2-4-15(21)12(13)7-8-16(17)26(23,24)25/h2-9,21H,19H2,1H3,(H,20,22)(H,23,24,25). The Morgan fingerprint density at radius 3 is 2.46 bits per heavy atom. The van der Waals surface area contributed by atoms with Gasteiger partial charge in [-0.25, -0.2) is 0 Å². The van der Waals surface area contributed by atoms with Gasteiger partial charge in [0, 0.05) is 22.0 Å². The van der Waals surface area contributed by atoms with Crippen molar-refractivity contribution in [3.05, 3.63) is 59.7 Å². The van der Waals surface area contributed by atoms with Crippen LogP contribution in [-0.4, -0.2) is 24.0 Å². The molecule has 0 aliphatic heterocycles. The Labute approximate surface area is 149 Å². The lowest BCUT2D eigenvalue weighted by molar-refractivity contribution is 0.102. The first-order chi connectivity index (χ1) is 12.2. The molecule has 0 atom stereocenters. The number of aromatic hydroxyl groups is 1. The van der Waals surface area contributed by atoms with E-state index in [0.717, 1.165) is 11.6 Å². The van der Waals surface area contributed by atoms with Gasteiger partial charge in [0.2, 0.25) is 0 Å². The van der Waals surface area contributed by atoms with Crippen molar-refractivity contribution < 1.29 is 22.9 Å². The van der Waals surface area contributed by atoms with Gasteiger partial charge in [-0.15, -0.1) is 0 Å². The third-order valence-corrected chi connectivity index (χ3v) is 4.95. The van der Waals surface area contributed by atoms with Crippen molar-refractivity contribution in [3.63, 3.8) is 0 Å². The minimum Gasteiger partial charge on any atom is -0.507 e. The Morgan fingerprint density at radius 1 is 1.08 bits per heavy atom. The van der Waals surface area contributed by atoms with E-state index in [9.17, 15) is 22.9 Å². The van der Waals surface area contributed by atoms with E-state index in [1.165, 1.54) is 30.3 Å². The normalized spacial score (nSPS) is 11.5. The summed E-state index contributed by atoms with van der Waals surface area (Å²) < 4.78 is 32.9. The highest BCUT2D eigenvalue weighted by Crippen LogP contribution is 2.35. The van der Waals surface area contributed by atoms with E-state index in [0.29, 0.717) is 11.1 Å². The van der Waals surface area contributed by atoms with Gasteiger partial charge in [0.1, 0.15) is 10.6 Å². The molecule has 3 aromatic carbocycles. The van der Waals surface area contributed by atoms with Crippen LogP contribution >= 0.6 is 0 Å². The molecule has 134 valence electrons. The molecule has 0 saturated carbocycles. The molecule has 5 N–H and O–H groups in total. The first kappa shape index (κ1) is 17.7. The van der Waals surface area contributed by atoms with Gasteiger partial charge in [-0.1, -0.05) is 18.2 Å². The van der Waals surface area contributed by atoms with Crippen LogP contribution < -0.4 is 11.1 Å². The van der Waals surface area contributed by atoms with Crippen molar-refractivity contribution >= 4 is 38.2 Å². The van der Waals surface area contributed by atoms with E-state index in [2.05, 4.69) is 5.32 Å². The maximum atomic E-state index is 12.6. The molecule has 26 heavy (non-hydrogen) atoms. The van der Waals surface area contributed by atoms with Gasteiger partial charge in [-0.3, -0.25) is 9.35 Å². The Kier molecular flexibility index (Phi) is 4.31. The highest BCUT2D eigenvalue weighted by molar-refractivity contribution is 7.86. The molecule has 0 aliphatic rings. The maximum Gasteiger partial charge on any atom is 0.296 e. The van der Waals surface area contributed by atoms with E-state index in [1.54, 1.807) is 19.1 Å². The minimum absolute atomic E-state index is 0.0838. The number of benzene rings is 3. The first-order valence-corrected chi connectivity index (χ1v) is 9.02. The predicted octanol–water partition coefficient (Wildman–Crippen LogP) is 2.94. The average Bonchev–Trinajstić information content (AvgIpc) is 2.57. The summed E-state index contributed by atoms with van der Waals surface area (Å²) in [7, 11) is -4.60. The van der Waals surface area contributed by atoms with Crippen LogP contribution in [0.1, 0.15) is 15.9 Å². The number of rotatable bonds is 3. The summed E-state index contributed by atoms with van der Waals surface area (Å²) in [5.41, 5.74) is 7.14. The summed E-state index contributed by atoms with van der Waals surface area (Å²) in [5.74, 6) is -0.683. The molecule has 0 heterocycles. The zero-order valence-electron chi connectivity index (χ0n) is 13.7. The van der Waals surface area contributed by atoms with Gasteiger partial charge in [0.15, 0.2) is 0 Å². The van der Waals surface area contributed by atoms with Gasteiger partial charge in [0.25, 0.3) is 16.0 Å². The number of hydrogen-bond donors (Lipinski definition) is 4. The van der Waals surface area contributed by atoms with E-state index in [1.807, 2.05) is 0 Å². The van der Waals surface area contributed by atoms with Crippen LogP contribution in [-0.2, 0) is 10.1 Å². The number of fused-ring (bicyclic) bond motifs is 1. The number of aryl methyl sites for hydroxylation is 1. The van der Waals surface area contributed by atoms with Gasteiger partial charge >= 0.3 is 0 Å². The van der Waals surface area contributed by atoms with E-state index in [-0.39, 0.29) is 22.4 Å². The average molecular weight is 372 g/mol. The number of nitrogen functional groups attached to an aromatic ring is 1. The molecule has 0 radical (unpaired) electrons. The third-order valence-electron chi connectivity index (χ3n) is 4.06. The van der Waals surface area contributed by atoms with Crippen molar-refractivity contribution in [3.8, 4) is 5.75 Å². The number of carbonyl (C=O) groups excluding carboxylic acids is 1. The third kappa shape index (κ3) is 3.19. The summed E-state index contributed by atoms with van der Waals surface area (Å²) in [6.45, 7) is 1.79. The van der Waals surface area contributed by atoms with Gasteiger partial charge in [-0.2, -0.15) is 8.42 Å². The van der Waals surface area contributed by atoms with Crippen molar-refractivity contribution in [2.75, 3.05) is 11.1 Å². The second-order valence-corrected chi connectivity index (χ2v) is 7.20. The monoisotopic (exact) mass is 372 g/mol. The van der Waals surface area contributed by atoms with Gasteiger partial charge in [-0.05, 0) is 42.8 Å². The molecular weight excluding hydrogens is 356 g/mol. The van der Waals surface area contributed by atoms with Crippen molar-refractivity contribution in [1.82, 2.24) is 0 Å². The summed E-state index contributed by atoms with van der Waals surface area (Å²) in [6, 6.07) is 11.6. The lowest BCUT2D eigenvalue weighted by Gasteiger charge is -2.14. The number of carbonyl (C=O) groups is 1. The molecule has 3 aromatic rings. The van der Waals surface area contributed by atoms with Crippen molar-refractivity contribution in [2.45, 2.75) is 11.8 Å². The summed E-state index contributed by atoms with van der Waals surface area (Å²) >= 11 is 0. The summed E-state index contributed by atoms with van der Waals surface area (Å²) in [6.07, 6.45) is 0. The van der Waals surface area contributed by atoms with Crippen molar-refractivity contribution in [1.29, 1.82) is 0 Å². The van der Waals surface area contributed by atoms with Gasteiger partial charge in [0.05, 0.1) is 5.69 Å². The van der Waals surface area contributed by atoms with E-state index in [4.69, 9.17) is 5.73 Å². The topological polar surface area (TPSA) is 130 Å². The zero-order chi connectivity index (χ0) is 19.1. The molecule has 0 aromatic heterocycles. The largest absolute Gasteiger partial charge is 0.507 e. The van der Waals surface area contributed by atoms with E-state index < -0.39 is 20.9 Å². The Bertz CT molecular complexity index is 1140. The van der Waals surface area contributed by atoms with Crippen LogP contribution in [0, 0.1) is 6.92 Å². The lowest BCUT2D eigenvalue weighted by Crippen LogP contribution is -2.15. The van der Waals surface area contributed by atoms with Crippen molar-refractivity contribution in [2.24, 2.45) is 0 Å². The number of phenols is 1. The molecule has 0 bridgehead atoms. The van der Waals surface area contributed by atoms with Crippen LogP contribution in [0.5, 0.6) is 5.75 Å². The van der Waals surface area contributed by atoms with Crippen LogP contribution in [0.25, 0.3) is 10.8 Å². The molecule has 3 rings (SSSR count). The fourth-order valence-corrected chi connectivity index (χ4v) is 3.29. The summed E-state index contributed by atoms with van der Waals surface area (Å²) in [4.78, 5) is 12.1. The molecule has 0 aliphatic carbocycles. The fraction of sp³-hybridized carbons (Fsp3) is 0.0556. The quantitative estimate of drug-likeness (QED) is 0.413. The van der Waals surface area contributed by atoms with Crippen LogP contribution in [0.3, 0.4) is 0 Å². The molecule has 8 heteroatoms. The molecule has 0 saturated heterocycles. The Hall–Kier alpha value is -3.10. The number of nitrogens with one attached hydrogen (secondary N) is 1. The minimum atomic E-state index is -4.60. The second-order valence-electron chi connectivity index (χ2n) is 5.81. The zero-order valence-corrected chi connectivity index (χ0v) is 14.5. The highest BCUT2D eigenvalue weighted by Gasteiger charge is 2.21. The molecular formula is C18H16N2O5S. The van der Waals surface area contributed by atoms with Crippen LogP contribution in [0.15, 0.2) is 53.4 Å². The number of anilines is 2. The Balaban J connectivity index is 2.17. The molecule has 1 amide bonds. The second kappa shape index (κ2) is 6.32. The number of phenolic OH excluding ortho intramolecular Hbond substituents is 1. The van der Waals surface area contributed by atoms with Crippen LogP contribution in [0.2, 0.25) is 0 Å². The molecule has 0 spiro atoms. The van der Waals surface area contributed by atoms with Crippen LogP contribution in [0.4, 0.5) is 11.4 Å². The molecule has 0 fully saturated rings. The first-order valence-electron chi connectivity index (χ1n) is 7.58. The Morgan fingerprint density at radius 2 is 1.81 bits per heavy atom. The number of hydrogen-bond acceptors (Lipinski definition) is 5. The summed E-state index contributed by atoms with van der Waals surface area (Å²) in [5, 5.41) is 13.1. The molecule has 7 nitrogen and oxygen atoms in total. The highest BCUT2D eigenvalue weighted by atomic mass is 32.2. The smallest absolute Gasteiger partial charge is 0.296 e. The van der Waals surface area contributed by atoms with E-state index >= 15 is 0 Å². The number of nitrogens with two attached hydrogens (primary N) is 1. The number of amides is 1. The fourth-order valence-electron chi connectivity index (χ4n) is 2.63. The lowest BCUT2D eigenvalue weighted by atomic mass is 10.1. The maximum absolute atomic E-state index is 12.6. The SMILES string of the molecule is Cc1ccc(C(=O)Nc2c(S(=O)(=O)O)ccc3c(O)cccc23)cc1N.